The third-order valence-electron chi connectivity index (χ3n) is 1.74. The number of hydrogen-bond acceptors (Lipinski definition) is 3. The number of nitrogens with zero attached hydrogens (tertiary/aromatic N) is 1. The second kappa shape index (κ2) is 4.91. The molecule has 0 aliphatic heterocycles. The van der Waals surface area contributed by atoms with E-state index in [1.807, 2.05) is 6.07 Å². The molecule has 0 atom stereocenters. The average molecular weight is 209 g/mol. The van der Waals surface area contributed by atoms with Gasteiger partial charge in [0.15, 0.2) is 0 Å². The topological polar surface area (TPSA) is 40.7 Å². The van der Waals surface area contributed by atoms with Crippen molar-refractivity contribution < 1.29 is 0 Å². The van der Waals surface area contributed by atoms with Crippen molar-refractivity contribution in [1.82, 2.24) is 9.97 Å². The molecule has 14 heavy (non-hydrogen) atoms. The number of aromatic amines is 1. The Morgan fingerprint density at radius 1 is 1.71 bits per heavy atom. The number of hydrogen-bond donors (Lipinski definition) is 2. The Balaban J connectivity index is 2.95. The van der Waals surface area contributed by atoms with Crippen LogP contribution in [0.25, 0.3) is 0 Å². The molecule has 0 saturated heterocycles. The summed E-state index contributed by atoms with van der Waals surface area (Å²) < 4.78 is 0.610. The Kier molecular flexibility index (Phi) is 3.83. The molecular weight excluding hydrogens is 194 g/mol. The van der Waals surface area contributed by atoms with Gasteiger partial charge in [-0.05, 0) is 0 Å². The Labute approximate surface area is 89.3 Å². The summed E-state index contributed by atoms with van der Waals surface area (Å²) >= 11 is 5.06. The minimum Gasteiger partial charge on any atom is -0.368 e. The molecule has 2 N–H and O–H groups in total. The van der Waals surface area contributed by atoms with Gasteiger partial charge >= 0.3 is 0 Å². The van der Waals surface area contributed by atoms with Crippen molar-refractivity contribution in [1.29, 1.82) is 0 Å². The van der Waals surface area contributed by atoms with Gasteiger partial charge in [-0.2, -0.15) is 0 Å². The van der Waals surface area contributed by atoms with E-state index in [4.69, 9.17) is 12.2 Å². The summed E-state index contributed by atoms with van der Waals surface area (Å²) in [5, 5.41) is 3.15. The standard InChI is InChI=1S/C10H15N3S/c1-4-5-11-8-6-9(14)13-10(12-8)7(2)3/h4,6-7H,1,5H2,2-3H3,(H2,11,12,13,14). The second-order valence-electron chi connectivity index (χ2n) is 3.34. The van der Waals surface area contributed by atoms with Gasteiger partial charge in [0.1, 0.15) is 16.3 Å². The van der Waals surface area contributed by atoms with Gasteiger partial charge in [0.25, 0.3) is 0 Å². The van der Waals surface area contributed by atoms with Gasteiger partial charge in [-0.25, -0.2) is 4.98 Å². The molecule has 0 saturated carbocycles. The molecule has 3 nitrogen and oxygen atoms in total. The van der Waals surface area contributed by atoms with Crippen molar-refractivity contribution in [3.05, 3.63) is 29.2 Å². The van der Waals surface area contributed by atoms with Crippen LogP contribution in [0.15, 0.2) is 18.7 Å². The van der Waals surface area contributed by atoms with E-state index in [2.05, 4.69) is 35.7 Å². The van der Waals surface area contributed by atoms with Gasteiger partial charge in [0.05, 0.1) is 0 Å². The molecule has 0 amide bonds. The summed E-state index contributed by atoms with van der Waals surface area (Å²) in [6, 6.07) is 1.81. The summed E-state index contributed by atoms with van der Waals surface area (Å²) in [6.07, 6.45) is 1.80. The zero-order chi connectivity index (χ0) is 10.6. The quantitative estimate of drug-likeness (QED) is 0.592. The molecule has 0 fully saturated rings. The summed E-state index contributed by atoms with van der Waals surface area (Å²) in [5.74, 6) is 2.15. The zero-order valence-corrected chi connectivity index (χ0v) is 9.32. The highest BCUT2D eigenvalue weighted by molar-refractivity contribution is 7.71. The minimum absolute atomic E-state index is 0.349. The van der Waals surface area contributed by atoms with Crippen molar-refractivity contribution in [2.24, 2.45) is 0 Å². The van der Waals surface area contributed by atoms with Gasteiger partial charge < -0.3 is 10.3 Å². The number of aromatic nitrogens is 2. The summed E-state index contributed by atoms with van der Waals surface area (Å²) in [4.78, 5) is 7.42. The summed E-state index contributed by atoms with van der Waals surface area (Å²) in [7, 11) is 0. The highest BCUT2D eigenvalue weighted by atomic mass is 32.1. The van der Waals surface area contributed by atoms with E-state index in [0.717, 1.165) is 11.6 Å². The molecule has 4 heteroatoms. The first-order valence-corrected chi connectivity index (χ1v) is 5.00. The summed E-state index contributed by atoms with van der Waals surface area (Å²) in [6.45, 7) is 8.50. The molecule has 0 spiro atoms. The Bertz CT molecular complexity index is 368. The lowest BCUT2D eigenvalue weighted by Crippen LogP contribution is -2.05. The molecule has 1 aromatic heterocycles. The van der Waals surface area contributed by atoms with E-state index < -0.39 is 0 Å². The number of nitrogens with one attached hydrogen (secondary N) is 2. The third kappa shape index (κ3) is 2.96. The minimum atomic E-state index is 0.349. The van der Waals surface area contributed by atoms with Crippen LogP contribution in [0, 0.1) is 4.64 Å². The van der Waals surface area contributed by atoms with Gasteiger partial charge in [-0.1, -0.05) is 32.1 Å². The molecule has 76 valence electrons. The molecule has 1 rings (SSSR count). The maximum atomic E-state index is 5.06. The third-order valence-corrected chi connectivity index (χ3v) is 1.95. The van der Waals surface area contributed by atoms with Crippen LogP contribution < -0.4 is 5.32 Å². The van der Waals surface area contributed by atoms with E-state index in [1.165, 1.54) is 0 Å². The molecule has 0 aliphatic rings. The normalized spacial score (nSPS) is 10.2. The second-order valence-corrected chi connectivity index (χ2v) is 3.76. The van der Waals surface area contributed by atoms with Crippen LogP contribution in [0.1, 0.15) is 25.6 Å². The van der Waals surface area contributed by atoms with Gasteiger partial charge in [0.2, 0.25) is 0 Å². The molecule has 0 radical (unpaired) electrons. The molecule has 0 bridgehead atoms. The van der Waals surface area contributed by atoms with Crippen molar-refractivity contribution in [3.63, 3.8) is 0 Å². The first-order chi connectivity index (χ1) is 6.63. The van der Waals surface area contributed by atoms with Gasteiger partial charge in [0, 0.05) is 18.5 Å². The Hall–Kier alpha value is -1.16. The predicted octanol–water partition coefficient (Wildman–Crippen LogP) is 2.86. The van der Waals surface area contributed by atoms with Crippen LogP contribution in [-0.4, -0.2) is 16.5 Å². The van der Waals surface area contributed by atoms with E-state index >= 15 is 0 Å². The lowest BCUT2D eigenvalue weighted by Gasteiger charge is -2.08. The van der Waals surface area contributed by atoms with E-state index in [9.17, 15) is 0 Å². The van der Waals surface area contributed by atoms with Gasteiger partial charge in [-0.3, -0.25) is 0 Å². The number of rotatable bonds is 4. The molecule has 0 unspecified atom stereocenters. The first-order valence-electron chi connectivity index (χ1n) is 4.59. The SMILES string of the molecule is C=CCNc1cc(=S)nc(C(C)C)[nH]1. The highest BCUT2D eigenvalue weighted by Gasteiger charge is 2.02. The van der Waals surface area contributed by atoms with Crippen LogP contribution in [-0.2, 0) is 0 Å². The van der Waals surface area contributed by atoms with E-state index in [1.54, 1.807) is 6.08 Å². The monoisotopic (exact) mass is 209 g/mol. The maximum Gasteiger partial charge on any atom is 0.131 e. The fourth-order valence-electron chi connectivity index (χ4n) is 1.03. The van der Waals surface area contributed by atoms with Crippen molar-refractivity contribution >= 4 is 18.0 Å². The van der Waals surface area contributed by atoms with Crippen molar-refractivity contribution in [2.45, 2.75) is 19.8 Å². The highest BCUT2D eigenvalue weighted by Crippen LogP contribution is 2.11. The molecule has 0 aromatic carbocycles. The molecule has 0 aliphatic carbocycles. The average Bonchev–Trinajstić information content (AvgIpc) is 2.14. The predicted molar refractivity (Wildman–Crippen MR) is 62.2 cm³/mol. The maximum absolute atomic E-state index is 5.06. The largest absolute Gasteiger partial charge is 0.368 e. The lowest BCUT2D eigenvalue weighted by molar-refractivity contribution is 0.772. The molecular formula is C10H15N3S. The van der Waals surface area contributed by atoms with Crippen LogP contribution in [0.2, 0.25) is 0 Å². The van der Waals surface area contributed by atoms with Crippen LogP contribution >= 0.6 is 12.2 Å². The van der Waals surface area contributed by atoms with E-state index in [-0.39, 0.29) is 0 Å². The number of H-pyrrole nitrogens is 1. The first kappa shape index (κ1) is 10.9. The van der Waals surface area contributed by atoms with Crippen molar-refractivity contribution in [3.8, 4) is 0 Å². The molecule has 1 heterocycles. The Morgan fingerprint density at radius 2 is 2.43 bits per heavy atom. The summed E-state index contributed by atoms with van der Waals surface area (Å²) in [5.41, 5.74) is 0. The molecule has 1 aromatic rings. The Morgan fingerprint density at radius 3 is 3.00 bits per heavy atom. The fourth-order valence-corrected chi connectivity index (χ4v) is 1.24. The lowest BCUT2D eigenvalue weighted by atomic mass is 10.2. The van der Waals surface area contributed by atoms with Crippen LogP contribution in [0.3, 0.4) is 0 Å². The zero-order valence-electron chi connectivity index (χ0n) is 8.50. The van der Waals surface area contributed by atoms with Gasteiger partial charge in [-0.15, -0.1) is 6.58 Å². The van der Waals surface area contributed by atoms with E-state index in [0.29, 0.717) is 17.1 Å². The smallest absolute Gasteiger partial charge is 0.131 e. The number of anilines is 1. The fraction of sp³-hybridized carbons (Fsp3) is 0.400. The van der Waals surface area contributed by atoms with Crippen molar-refractivity contribution in [2.75, 3.05) is 11.9 Å². The van der Waals surface area contributed by atoms with Crippen LogP contribution in [0.4, 0.5) is 5.82 Å². The van der Waals surface area contributed by atoms with Crippen LogP contribution in [0.5, 0.6) is 0 Å².